The second-order valence-corrected chi connectivity index (χ2v) is 8.36. The molecule has 30 heavy (non-hydrogen) atoms. The highest BCUT2D eigenvalue weighted by Crippen LogP contribution is 2.30. The maximum absolute atomic E-state index is 12.9. The number of H-pyrrole nitrogens is 1. The van der Waals surface area contributed by atoms with Crippen molar-refractivity contribution in [3.05, 3.63) is 64.9 Å². The molecule has 7 nitrogen and oxygen atoms in total. The average Bonchev–Trinajstić information content (AvgIpc) is 3.19. The van der Waals surface area contributed by atoms with Crippen molar-refractivity contribution in [3.8, 4) is 5.75 Å². The molecular weight excluding hydrogens is 447 g/mol. The van der Waals surface area contributed by atoms with E-state index in [1.54, 1.807) is 5.10 Å². The van der Waals surface area contributed by atoms with Crippen LogP contribution in [0.25, 0.3) is 0 Å². The summed E-state index contributed by atoms with van der Waals surface area (Å²) < 4.78 is 68.8. The number of benzene rings is 2. The second-order valence-electron chi connectivity index (χ2n) is 5.97. The summed E-state index contributed by atoms with van der Waals surface area (Å²) in [6, 6.07) is 9.71. The molecule has 0 aliphatic heterocycles. The van der Waals surface area contributed by atoms with Gasteiger partial charge in [-0.2, -0.15) is 18.3 Å². The summed E-state index contributed by atoms with van der Waals surface area (Å²) in [4.78, 5) is 12.0. The van der Waals surface area contributed by atoms with Crippen molar-refractivity contribution in [2.45, 2.75) is 16.0 Å². The highest BCUT2D eigenvalue weighted by Gasteiger charge is 2.34. The summed E-state index contributed by atoms with van der Waals surface area (Å²) in [6.45, 7) is 0. The quantitative estimate of drug-likeness (QED) is 0.596. The van der Waals surface area contributed by atoms with Gasteiger partial charge in [0.15, 0.2) is 5.69 Å². The highest BCUT2D eigenvalue weighted by molar-refractivity contribution is 7.91. The van der Waals surface area contributed by atoms with Gasteiger partial charge in [0, 0.05) is 22.8 Å². The Morgan fingerprint density at radius 1 is 1.10 bits per heavy atom. The van der Waals surface area contributed by atoms with Crippen LogP contribution in [0.5, 0.6) is 5.75 Å². The summed E-state index contributed by atoms with van der Waals surface area (Å²) in [5.41, 5.74) is -1.72. The number of nitrogens with one attached hydrogen (secondary N) is 2. The van der Waals surface area contributed by atoms with Gasteiger partial charge in [-0.1, -0.05) is 11.6 Å². The molecule has 0 fully saturated rings. The van der Waals surface area contributed by atoms with Gasteiger partial charge in [0.1, 0.15) is 11.4 Å². The van der Waals surface area contributed by atoms with Crippen LogP contribution in [0.3, 0.4) is 0 Å². The van der Waals surface area contributed by atoms with Crippen LogP contribution in [0, 0.1) is 0 Å². The first kappa shape index (κ1) is 21.7. The van der Waals surface area contributed by atoms with Crippen LogP contribution in [0.1, 0.15) is 16.2 Å². The number of hydrogen-bond acceptors (Lipinski definition) is 5. The van der Waals surface area contributed by atoms with Crippen LogP contribution in [0.15, 0.2) is 58.3 Å². The first-order chi connectivity index (χ1) is 14.0. The molecule has 3 aromatic rings. The second kappa shape index (κ2) is 8.00. The number of hydrogen-bond donors (Lipinski definition) is 2. The molecule has 2 N–H and O–H groups in total. The molecule has 1 amide bonds. The monoisotopic (exact) mass is 459 g/mol. The third-order valence-electron chi connectivity index (χ3n) is 3.92. The number of carbonyl (C=O) groups excluding carboxylic acids is 1. The molecule has 0 saturated carbocycles. The molecule has 0 bridgehead atoms. The van der Waals surface area contributed by atoms with Crippen molar-refractivity contribution < 1.29 is 31.1 Å². The Kier molecular flexibility index (Phi) is 5.77. The highest BCUT2D eigenvalue weighted by atomic mass is 35.5. The summed E-state index contributed by atoms with van der Waals surface area (Å²) >= 11 is 5.78. The Morgan fingerprint density at radius 3 is 2.33 bits per heavy atom. The third kappa shape index (κ3) is 4.57. The number of carbonyl (C=O) groups is 1. The van der Waals surface area contributed by atoms with Crippen molar-refractivity contribution in [2.24, 2.45) is 0 Å². The van der Waals surface area contributed by atoms with Crippen molar-refractivity contribution in [3.63, 3.8) is 0 Å². The minimum atomic E-state index is -4.69. The van der Waals surface area contributed by atoms with Crippen LogP contribution in [-0.4, -0.2) is 31.6 Å². The molecule has 1 heterocycles. The number of halogens is 4. The molecule has 1 aromatic heterocycles. The summed E-state index contributed by atoms with van der Waals surface area (Å²) in [5, 5.41) is 7.73. The Balaban J connectivity index is 1.94. The fraction of sp³-hybridized carbons (Fsp3) is 0.111. The lowest BCUT2D eigenvalue weighted by atomic mass is 10.2. The van der Waals surface area contributed by atoms with Crippen molar-refractivity contribution >= 4 is 33.0 Å². The van der Waals surface area contributed by atoms with E-state index in [1.807, 2.05) is 0 Å². The van der Waals surface area contributed by atoms with Crippen LogP contribution in [0.4, 0.5) is 18.9 Å². The van der Waals surface area contributed by atoms with E-state index >= 15 is 0 Å². The first-order valence-electron chi connectivity index (χ1n) is 8.14. The van der Waals surface area contributed by atoms with Gasteiger partial charge >= 0.3 is 6.18 Å². The molecule has 3 rings (SSSR count). The minimum Gasteiger partial charge on any atom is -0.497 e. The topological polar surface area (TPSA) is 101 Å². The fourth-order valence-electron chi connectivity index (χ4n) is 2.45. The number of aromatic amines is 1. The Morgan fingerprint density at radius 2 is 1.77 bits per heavy atom. The van der Waals surface area contributed by atoms with Gasteiger partial charge in [-0.05, 0) is 36.4 Å². The van der Waals surface area contributed by atoms with E-state index in [0.29, 0.717) is 11.1 Å². The van der Waals surface area contributed by atoms with Crippen molar-refractivity contribution in [2.75, 3.05) is 12.4 Å². The lowest BCUT2D eigenvalue weighted by molar-refractivity contribution is -0.141. The van der Waals surface area contributed by atoms with Crippen LogP contribution < -0.4 is 10.1 Å². The molecule has 0 unspecified atom stereocenters. The molecule has 0 radical (unpaired) electrons. The molecule has 0 aliphatic carbocycles. The minimum absolute atomic E-state index is 0.0107. The van der Waals surface area contributed by atoms with Crippen LogP contribution in [0.2, 0.25) is 5.02 Å². The maximum atomic E-state index is 12.9. The number of nitrogens with zero attached hydrogens (tertiary/aromatic N) is 1. The molecule has 12 heteroatoms. The van der Waals surface area contributed by atoms with Gasteiger partial charge < -0.3 is 10.1 Å². The smallest absolute Gasteiger partial charge is 0.432 e. The number of rotatable bonds is 5. The number of ether oxygens (including phenoxy) is 1. The van der Waals surface area contributed by atoms with E-state index in [4.69, 9.17) is 16.3 Å². The van der Waals surface area contributed by atoms with Crippen LogP contribution in [-0.2, 0) is 16.0 Å². The van der Waals surface area contributed by atoms with Gasteiger partial charge in [0.25, 0.3) is 5.91 Å². The lowest BCUT2D eigenvalue weighted by Crippen LogP contribution is -2.13. The SMILES string of the molecule is COc1cc(NC(=O)c2cc(C(F)(F)F)[nH]n2)cc(S(=O)(=O)c2ccc(Cl)cc2)c1. The van der Waals surface area contributed by atoms with E-state index in [-0.39, 0.29) is 21.2 Å². The summed E-state index contributed by atoms with van der Waals surface area (Å²) in [6.07, 6.45) is -4.69. The van der Waals surface area contributed by atoms with E-state index in [0.717, 1.165) is 6.07 Å². The number of aromatic nitrogens is 2. The van der Waals surface area contributed by atoms with Gasteiger partial charge in [-0.25, -0.2) is 8.42 Å². The average molecular weight is 460 g/mol. The van der Waals surface area contributed by atoms with E-state index in [1.165, 1.54) is 43.5 Å². The predicted molar refractivity (Wildman–Crippen MR) is 101 cm³/mol. The van der Waals surface area contributed by atoms with Crippen molar-refractivity contribution in [1.82, 2.24) is 10.2 Å². The zero-order valence-corrected chi connectivity index (χ0v) is 16.7. The zero-order valence-electron chi connectivity index (χ0n) is 15.1. The molecule has 158 valence electrons. The molecule has 2 aromatic carbocycles. The van der Waals surface area contributed by atoms with Gasteiger partial charge in [0.05, 0.1) is 16.9 Å². The largest absolute Gasteiger partial charge is 0.497 e. The Labute approximate surface area is 173 Å². The zero-order chi connectivity index (χ0) is 22.1. The molecular formula is C18H13ClF3N3O4S. The van der Waals surface area contributed by atoms with Gasteiger partial charge in [0.2, 0.25) is 9.84 Å². The number of amides is 1. The molecule has 0 aliphatic rings. The number of methoxy groups -OCH3 is 1. The Hall–Kier alpha value is -3.05. The normalized spacial score (nSPS) is 11.9. The maximum Gasteiger partial charge on any atom is 0.432 e. The number of alkyl halides is 3. The summed E-state index contributed by atoms with van der Waals surface area (Å²) in [7, 11) is -2.69. The van der Waals surface area contributed by atoms with Crippen LogP contribution >= 0.6 is 11.6 Å². The first-order valence-corrected chi connectivity index (χ1v) is 10.0. The molecule has 0 saturated heterocycles. The standard InChI is InChI=1S/C18H13ClF3N3O4S/c1-29-12-6-11(23-17(26)15-9-16(25-24-15)18(20,21)22)7-14(8-12)30(27,28)13-4-2-10(19)3-5-13/h2-9H,1H3,(H,23,26)(H,24,25). The summed E-state index contributed by atoms with van der Waals surface area (Å²) in [5.74, 6) is -0.858. The lowest BCUT2D eigenvalue weighted by Gasteiger charge is -2.11. The molecule has 0 atom stereocenters. The molecule has 0 spiro atoms. The number of anilines is 1. The van der Waals surface area contributed by atoms with E-state index in [9.17, 15) is 26.4 Å². The fourth-order valence-corrected chi connectivity index (χ4v) is 3.89. The predicted octanol–water partition coefficient (Wildman–Crippen LogP) is 4.18. The van der Waals surface area contributed by atoms with Crippen molar-refractivity contribution in [1.29, 1.82) is 0 Å². The van der Waals surface area contributed by atoms with Gasteiger partial charge in [-0.15, -0.1) is 0 Å². The van der Waals surface area contributed by atoms with Gasteiger partial charge in [-0.3, -0.25) is 9.89 Å². The third-order valence-corrected chi connectivity index (χ3v) is 5.92. The van der Waals surface area contributed by atoms with E-state index in [2.05, 4.69) is 10.4 Å². The Bertz CT molecular complexity index is 1190. The van der Waals surface area contributed by atoms with E-state index < -0.39 is 33.3 Å². The number of sulfone groups is 1.